The molecule has 0 bridgehead atoms. The molecule has 0 aliphatic carbocycles. The number of nitrogens with zero attached hydrogens (tertiary/aromatic N) is 2. The molecule has 2 aromatic carbocycles. The van der Waals surface area contributed by atoms with E-state index in [1.165, 1.54) is 11.8 Å². The molecule has 0 aromatic heterocycles. The first-order chi connectivity index (χ1) is 11.0. The Kier molecular flexibility index (Phi) is 5.52. The van der Waals surface area contributed by atoms with Gasteiger partial charge in [0.05, 0.1) is 0 Å². The quantitative estimate of drug-likeness (QED) is 0.852. The summed E-state index contributed by atoms with van der Waals surface area (Å²) in [5.74, 6) is -0.229. The summed E-state index contributed by atoms with van der Waals surface area (Å²) in [5, 5.41) is 0. The molecule has 0 saturated carbocycles. The number of benzene rings is 2. The second kappa shape index (κ2) is 7.58. The first kappa shape index (κ1) is 16.7. The molecule has 0 aliphatic heterocycles. The molecule has 0 saturated heterocycles. The molecule has 2 amide bonds. The third-order valence-electron chi connectivity index (χ3n) is 3.77. The molecule has 0 fully saturated rings. The zero-order valence-electron chi connectivity index (χ0n) is 13.8. The summed E-state index contributed by atoms with van der Waals surface area (Å²) < 4.78 is 0. The van der Waals surface area contributed by atoms with Crippen molar-refractivity contribution in [3.8, 4) is 0 Å². The van der Waals surface area contributed by atoms with Crippen molar-refractivity contribution in [2.75, 3.05) is 18.5 Å². The van der Waals surface area contributed by atoms with Gasteiger partial charge in [0, 0.05) is 26.2 Å². The van der Waals surface area contributed by atoms with Crippen LogP contribution in [0.2, 0.25) is 0 Å². The smallest absolute Gasteiger partial charge is 0.242 e. The van der Waals surface area contributed by atoms with Gasteiger partial charge in [0.15, 0.2) is 0 Å². The van der Waals surface area contributed by atoms with Crippen LogP contribution in [0.5, 0.6) is 0 Å². The summed E-state index contributed by atoms with van der Waals surface area (Å²) in [7, 11) is 1.76. The lowest BCUT2D eigenvalue weighted by Gasteiger charge is -2.25. The van der Waals surface area contributed by atoms with E-state index in [1.807, 2.05) is 61.5 Å². The number of hydrogen-bond donors (Lipinski definition) is 0. The second-order valence-corrected chi connectivity index (χ2v) is 5.63. The summed E-state index contributed by atoms with van der Waals surface area (Å²) in [5.41, 5.74) is 2.82. The van der Waals surface area contributed by atoms with Gasteiger partial charge in [-0.3, -0.25) is 9.59 Å². The van der Waals surface area contributed by atoms with E-state index in [-0.39, 0.29) is 18.4 Å². The predicted molar refractivity (Wildman–Crippen MR) is 92.1 cm³/mol. The van der Waals surface area contributed by atoms with Gasteiger partial charge in [-0.1, -0.05) is 48.5 Å². The van der Waals surface area contributed by atoms with Gasteiger partial charge in [-0.15, -0.1) is 0 Å². The Labute approximate surface area is 137 Å². The van der Waals surface area contributed by atoms with Crippen molar-refractivity contribution in [3.05, 3.63) is 65.7 Å². The van der Waals surface area contributed by atoms with E-state index in [9.17, 15) is 9.59 Å². The van der Waals surface area contributed by atoms with E-state index < -0.39 is 0 Å². The molecule has 23 heavy (non-hydrogen) atoms. The van der Waals surface area contributed by atoms with Crippen LogP contribution in [0, 0.1) is 6.92 Å². The van der Waals surface area contributed by atoms with Gasteiger partial charge in [0.2, 0.25) is 11.8 Å². The van der Waals surface area contributed by atoms with Crippen LogP contribution in [0.4, 0.5) is 5.69 Å². The summed E-state index contributed by atoms with van der Waals surface area (Å²) in [6.45, 7) is 3.99. The van der Waals surface area contributed by atoms with Crippen molar-refractivity contribution in [3.63, 3.8) is 0 Å². The Balaban J connectivity index is 2.09. The Morgan fingerprint density at radius 1 is 0.957 bits per heavy atom. The molecular formula is C19H22N2O2. The zero-order valence-corrected chi connectivity index (χ0v) is 13.8. The highest BCUT2D eigenvalue weighted by Crippen LogP contribution is 2.19. The third-order valence-corrected chi connectivity index (χ3v) is 3.77. The lowest BCUT2D eigenvalue weighted by Crippen LogP contribution is -2.40. The molecule has 4 heteroatoms. The maximum atomic E-state index is 12.5. The minimum absolute atomic E-state index is 0.0452. The Bertz CT molecular complexity index is 683. The highest BCUT2D eigenvalue weighted by Gasteiger charge is 2.19. The molecule has 0 heterocycles. The van der Waals surface area contributed by atoms with E-state index in [1.54, 1.807) is 11.9 Å². The van der Waals surface area contributed by atoms with Crippen LogP contribution in [0.1, 0.15) is 18.1 Å². The topological polar surface area (TPSA) is 40.6 Å². The molecule has 4 nitrogen and oxygen atoms in total. The third kappa shape index (κ3) is 4.42. The monoisotopic (exact) mass is 310 g/mol. The Morgan fingerprint density at radius 3 is 2.17 bits per heavy atom. The van der Waals surface area contributed by atoms with Gasteiger partial charge in [0.1, 0.15) is 6.54 Å². The van der Waals surface area contributed by atoms with Crippen LogP contribution < -0.4 is 4.90 Å². The zero-order chi connectivity index (χ0) is 16.8. The maximum Gasteiger partial charge on any atom is 0.242 e. The van der Waals surface area contributed by atoms with Crippen molar-refractivity contribution in [2.45, 2.75) is 20.4 Å². The molecule has 0 aliphatic rings. The van der Waals surface area contributed by atoms with E-state index in [2.05, 4.69) is 0 Å². The first-order valence-corrected chi connectivity index (χ1v) is 7.60. The van der Waals surface area contributed by atoms with Gasteiger partial charge in [0.25, 0.3) is 0 Å². The molecular weight excluding hydrogens is 288 g/mol. The second-order valence-electron chi connectivity index (χ2n) is 5.63. The van der Waals surface area contributed by atoms with Crippen LogP contribution in [-0.2, 0) is 16.1 Å². The number of carbonyl (C=O) groups excluding carboxylic acids is 2. The molecule has 120 valence electrons. The van der Waals surface area contributed by atoms with Crippen LogP contribution in [0.15, 0.2) is 54.6 Å². The van der Waals surface area contributed by atoms with E-state index in [0.29, 0.717) is 6.54 Å². The molecule has 0 unspecified atom stereocenters. The Hall–Kier alpha value is -2.62. The number of anilines is 1. The molecule has 0 spiro atoms. The summed E-state index contributed by atoms with van der Waals surface area (Å²) in [6, 6.07) is 17.4. The van der Waals surface area contributed by atoms with Gasteiger partial charge in [-0.25, -0.2) is 0 Å². The maximum absolute atomic E-state index is 12.5. The fraction of sp³-hybridized carbons (Fsp3) is 0.263. The Morgan fingerprint density at radius 2 is 1.57 bits per heavy atom. The van der Waals surface area contributed by atoms with Crippen molar-refractivity contribution >= 4 is 17.5 Å². The number of aryl methyl sites for hydroxylation is 1. The molecule has 0 N–H and O–H groups in total. The minimum atomic E-state index is -0.138. The van der Waals surface area contributed by atoms with Gasteiger partial charge < -0.3 is 9.80 Å². The number of hydrogen-bond acceptors (Lipinski definition) is 2. The summed E-state index contributed by atoms with van der Waals surface area (Å²) in [6.07, 6.45) is 0. The first-order valence-electron chi connectivity index (χ1n) is 7.60. The van der Waals surface area contributed by atoms with Crippen molar-refractivity contribution in [2.24, 2.45) is 0 Å². The summed E-state index contributed by atoms with van der Waals surface area (Å²) >= 11 is 0. The van der Waals surface area contributed by atoms with Gasteiger partial charge in [-0.2, -0.15) is 0 Å². The fourth-order valence-electron chi connectivity index (χ4n) is 2.43. The lowest BCUT2D eigenvalue weighted by atomic mass is 10.1. The standard InChI is InChI=1S/C19H22N2O2/c1-15-9-7-8-12-18(15)21(16(2)22)14-19(23)20(3)13-17-10-5-4-6-11-17/h4-12H,13-14H2,1-3H3. The predicted octanol–water partition coefficient (Wildman–Crippen LogP) is 3.01. The highest BCUT2D eigenvalue weighted by atomic mass is 16.2. The van der Waals surface area contributed by atoms with Crippen molar-refractivity contribution < 1.29 is 9.59 Å². The number of rotatable bonds is 5. The minimum Gasteiger partial charge on any atom is -0.340 e. The number of likely N-dealkylation sites (N-methyl/N-ethyl adjacent to an activating group) is 1. The molecule has 2 rings (SSSR count). The van der Waals surface area contributed by atoms with Crippen molar-refractivity contribution in [1.82, 2.24) is 4.90 Å². The van der Waals surface area contributed by atoms with Crippen molar-refractivity contribution in [1.29, 1.82) is 0 Å². The van der Waals surface area contributed by atoms with E-state index in [4.69, 9.17) is 0 Å². The average Bonchev–Trinajstić information content (AvgIpc) is 2.54. The van der Waals surface area contributed by atoms with Crippen LogP contribution >= 0.6 is 0 Å². The highest BCUT2D eigenvalue weighted by molar-refractivity contribution is 5.98. The fourth-order valence-corrected chi connectivity index (χ4v) is 2.43. The normalized spacial score (nSPS) is 10.2. The molecule has 0 radical (unpaired) electrons. The number of amides is 2. The SMILES string of the molecule is CC(=O)N(CC(=O)N(C)Cc1ccccc1)c1ccccc1C. The molecule has 0 atom stereocenters. The largest absolute Gasteiger partial charge is 0.340 e. The lowest BCUT2D eigenvalue weighted by molar-refractivity contribution is -0.130. The van der Waals surface area contributed by atoms with Crippen LogP contribution in [-0.4, -0.2) is 30.3 Å². The molecule has 2 aromatic rings. The van der Waals surface area contributed by atoms with Gasteiger partial charge in [-0.05, 0) is 24.1 Å². The van der Waals surface area contributed by atoms with Crippen LogP contribution in [0.25, 0.3) is 0 Å². The van der Waals surface area contributed by atoms with Crippen LogP contribution in [0.3, 0.4) is 0 Å². The van der Waals surface area contributed by atoms with Gasteiger partial charge >= 0.3 is 0 Å². The average molecular weight is 310 g/mol. The van der Waals surface area contributed by atoms with E-state index in [0.717, 1.165) is 16.8 Å². The number of para-hydroxylation sites is 1. The van der Waals surface area contributed by atoms with E-state index >= 15 is 0 Å². The summed E-state index contributed by atoms with van der Waals surface area (Å²) in [4.78, 5) is 27.6. The number of carbonyl (C=O) groups is 2.